The summed E-state index contributed by atoms with van der Waals surface area (Å²) in [6.45, 7) is 5.98. The summed E-state index contributed by atoms with van der Waals surface area (Å²) in [4.78, 5) is 56.3. The van der Waals surface area contributed by atoms with Crippen LogP contribution in [0.15, 0.2) is 29.0 Å². The van der Waals surface area contributed by atoms with Gasteiger partial charge in [0.2, 0.25) is 5.78 Å². The van der Waals surface area contributed by atoms with E-state index in [-0.39, 0.29) is 61.8 Å². The molecular formula is C31H37N3O9. The average Bonchev–Trinajstić information content (AvgIpc) is 3.75. The molecule has 3 fully saturated rings. The number of aliphatic hydroxyl groups excluding tert-OH is 2. The number of Topliss-reactive ketones (excluding diaryl/α,β-unsaturated/α-hetero) is 2. The molecule has 1 aliphatic heterocycles. The Labute approximate surface area is 248 Å². The van der Waals surface area contributed by atoms with E-state index in [1.165, 1.54) is 11.0 Å². The van der Waals surface area contributed by atoms with E-state index in [9.17, 15) is 39.6 Å². The number of phenols is 1. The van der Waals surface area contributed by atoms with Crippen LogP contribution in [0.5, 0.6) is 5.75 Å². The number of fused-ring (bicyclic) bond motifs is 3. The molecule has 0 aromatic heterocycles. The Balaban J connectivity index is 1.39. The van der Waals surface area contributed by atoms with Gasteiger partial charge in [-0.25, -0.2) is 4.79 Å². The number of carbonyl (C=O) groups is 4. The molecule has 230 valence electrons. The fourth-order valence-corrected chi connectivity index (χ4v) is 7.38. The van der Waals surface area contributed by atoms with Gasteiger partial charge < -0.3 is 35.8 Å². The molecule has 1 saturated heterocycles. The highest BCUT2D eigenvalue weighted by Gasteiger charge is 2.64. The summed E-state index contributed by atoms with van der Waals surface area (Å²) in [7, 11) is 0. The molecule has 1 aromatic rings. The number of aliphatic hydroxyl groups is 3. The minimum absolute atomic E-state index is 0.0274. The van der Waals surface area contributed by atoms with Gasteiger partial charge in [0.15, 0.2) is 11.4 Å². The van der Waals surface area contributed by atoms with Gasteiger partial charge in [0.05, 0.1) is 11.6 Å². The molecule has 4 atom stereocenters. The lowest BCUT2D eigenvalue weighted by Crippen LogP contribution is -2.68. The van der Waals surface area contributed by atoms with Crippen LogP contribution in [0, 0.1) is 11.8 Å². The molecule has 4 aliphatic carbocycles. The molecule has 12 nitrogen and oxygen atoms in total. The molecule has 2 unspecified atom stereocenters. The molecule has 43 heavy (non-hydrogen) atoms. The second-order valence-corrected chi connectivity index (χ2v) is 13.3. The molecule has 6 N–H and O–H groups in total. The minimum atomic E-state index is -2.72. The lowest BCUT2D eigenvalue weighted by Gasteiger charge is -2.52. The summed E-state index contributed by atoms with van der Waals surface area (Å²) in [5, 5.41) is 45.3. The largest absolute Gasteiger partial charge is 0.508 e. The van der Waals surface area contributed by atoms with Crippen molar-refractivity contribution < 1.29 is 44.3 Å². The first-order valence-electron chi connectivity index (χ1n) is 14.7. The Morgan fingerprint density at radius 3 is 2.26 bits per heavy atom. The standard InChI is InChI=1S/C31H37N3O9/c1-30(2,3)43-29(41)34-10-8-33(9-11-34)23-18-13-15-12-17-16(14-4-5-14)6-7-19(35)21(17)24(36)20(15)26(38)31(18,42)27(39)22(25(23)37)28(32)40/h6-7,14-15,18,23,35-36,39,42H,4-5,8-13H2,1-3H3,(H2,32,40)/t15?,18?,23-,31+/m1/s1. The number of hydrogen-bond donors (Lipinski definition) is 5. The highest BCUT2D eigenvalue weighted by atomic mass is 16.6. The van der Waals surface area contributed by atoms with Crippen LogP contribution in [0.3, 0.4) is 0 Å². The number of benzene rings is 1. The maximum atomic E-state index is 14.2. The fourth-order valence-electron chi connectivity index (χ4n) is 7.38. The Bertz CT molecular complexity index is 1510. The smallest absolute Gasteiger partial charge is 0.410 e. The minimum Gasteiger partial charge on any atom is -0.508 e. The van der Waals surface area contributed by atoms with E-state index in [1.54, 1.807) is 25.7 Å². The second-order valence-electron chi connectivity index (χ2n) is 13.3. The molecule has 6 rings (SSSR count). The van der Waals surface area contributed by atoms with Crippen molar-refractivity contribution in [2.24, 2.45) is 17.6 Å². The van der Waals surface area contributed by atoms with Gasteiger partial charge >= 0.3 is 6.09 Å². The third-order valence-electron chi connectivity index (χ3n) is 9.46. The summed E-state index contributed by atoms with van der Waals surface area (Å²) >= 11 is 0. The summed E-state index contributed by atoms with van der Waals surface area (Å²) < 4.78 is 5.46. The van der Waals surface area contributed by atoms with Gasteiger partial charge in [-0.3, -0.25) is 19.3 Å². The number of rotatable bonds is 3. The van der Waals surface area contributed by atoms with Gasteiger partial charge in [-0.05, 0) is 75.5 Å². The maximum absolute atomic E-state index is 14.2. The monoisotopic (exact) mass is 595 g/mol. The van der Waals surface area contributed by atoms with E-state index < -0.39 is 69.7 Å². The number of hydrogen-bond acceptors (Lipinski definition) is 10. The first kappa shape index (κ1) is 29.2. The number of amides is 2. The molecule has 0 spiro atoms. The normalized spacial score (nSPS) is 29.7. The molecule has 5 aliphatic rings. The molecule has 0 bridgehead atoms. The van der Waals surface area contributed by atoms with Crippen LogP contribution < -0.4 is 5.73 Å². The number of ether oxygens (including phenoxy) is 1. The molecule has 2 amide bonds. The van der Waals surface area contributed by atoms with Gasteiger partial charge in [-0.2, -0.15) is 0 Å². The second kappa shape index (κ2) is 9.81. The number of nitrogens with zero attached hydrogens (tertiary/aromatic N) is 2. The Hall–Kier alpha value is -3.90. The molecule has 2 saturated carbocycles. The lowest BCUT2D eigenvalue weighted by molar-refractivity contribution is -0.155. The fraction of sp³-hybridized carbons (Fsp3) is 0.548. The zero-order valence-corrected chi connectivity index (χ0v) is 24.4. The molecule has 0 radical (unpaired) electrons. The highest BCUT2D eigenvalue weighted by molar-refractivity contribution is 6.24. The first-order chi connectivity index (χ1) is 20.1. The summed E-state index contributed by atoms with van der Waals surface area (Å²) in [5.74, 6) is -6.44. The zero-order chi connectivity index (χ0) is 31.2. The Kier molecular flexibility index (Phi) is 6.66. The van der Waals surface area contributed by atoms with Crippen molar-refractivity contribution in [3.8, 4) is 5.75 Å². The summed E-state index contributed by atoms with van der Waals surface area (Å²) in [6.07, 6.45) is 1.75. The summed E-state index contributed by atoms with van der Waals surface area (Å²) in [5.41, 5.74) is 2.91. The van der Waals surface area contributed by atoms with E-state index in [2.05, 4.69) is 0 Å². The van der Waals surface area contributed by atoms with Gasteiger partial charge in [0.1, 0.15) is 28.4 Å². The topological polar surface area (TPSA) is 191 Å². The zero-order valence-electron chi connectivity index (χ0n) is 24.4. The molecule has 1 aromatic carbocycles. The predicted molar refractivity (Wildman–Crippen MR) is 152 cm³/mol. The van der Waals surface area contributed by atoms with Crippen LogP contribution in [0.4, 0.5) is 4.79 Å². The van der Waals surface area contributed by atoms with E-state index in [4.69, 9.17) is 10.5 Å². The van der Waals surface area contributed by atoms with Crippen molar-refractivity contribution in [1.82, 2.24) is 9.80 Å². The Morgan fingerprint density at radius 2 is 1.67 bits per heavy atom. The SMILES string of the molecule is CC(C)(C)OC(=O)N1CCN([C@H]2C(=O)C(C(N)=O)=C(O)[C@@]3(O)C(=O)C4=C(O)c5c(O)ccc(C6CC6)c5CC4CC23)CC1. The van der Waals surface area contributed by atoms with Crippen molar-refractivity contribution in [2.45, 2.75) is 69.6 Å². The number of aromatic hydroxyl groups is 1. The van der Waals surface area contributed by atoms with Crippen LogP contribution in [0.25, 0.3) is 5.76 Å². The van der Waals surface area contributed by atoms with Crippen LogP contribution in [-0.2, 0) is 25.5 Å². The van der Waals surface area contributed by atoms with Crippen molar-refractivity contribution in [1.29, 1.82) is 0 Å². The van der Waals surface area contributed by atoms with Crippen LogP contribution in [0.2, 0.25) is 0 Å². The summed E-state index contributed by atoms with van der Waals surface area (Å²) in [6, 6.07) is 2.10. The first-order valence-corrected chi connectivity index (χ1v) is 14.7. The van der Waals surface area contributed by atoms with Crippen molar-refractivity contribution in [3.05, 3.63) is 45.7 Å². The molecular weight excluding hydrogens is 558 g/mol. The average molecular weight is 596 g/mol. The quantitative estimate of drug-likeness (QED) is 0.322. The Morgan fingerprint density at radius 1 is 1.02 bits per heavy atom. The number of nitrogens with two attached hydrogens (primary N) is 1. The van der Waals surface area contributed by atoms with Crippen LogP contribution in [0.1, 0.15) is 62.6 Å². The van der Waals surface area contributed by atoms with E-state index in [1.807, 2.05) is 6.07 Å². The number of phenolic OH excluding ortho intramolecular Hbond substituents is 1. The third kappa shape index (κ3) is 4.50. The van der Waals surface area contributed by atoms with Crippen molar-refractivity contribution >= 4 is 29.3 Å². The number of piperazine rings is 1. The van der Waals surface area contributed by atoms with Crippen LogP contribution in [-0.4, -0.2) is 97.2 Å². The van der Waals surface area contributed by atoms with Crippen molar-refractivity contribution in [2.75, 3.05) is 26.2 Å². The van der Waals surface area contributed by atoms with Gasteiger partial charge in [0.25, 0.3) is 5.91 Å². The number of carbonyl (C=O) groups excluding carboxylic acids is 4. The predicted octanol–water partition coefficient (Wildman–Crippen LogP) is 1.83. The van der Waals surface area contributed by atoms with E-state index >= 15 is 0 Å². The highest BCUT2D eigenvalue weighted by Crippen LogP contribution is 2.55. The van der Waals surface area contributed by atoms with Gasteiger partial charge in [0, 0.05) is 37.7 Å². The third-order valence-corrected chi connectivity index (χ3v) is 9.46. The van der Waals surface area contributed by atoms with Gasteiger partial charge in [-0.15, -0.1) is 0 Å². The maximum Gasteiger partial charge on any atom is 0.410 e. The lowest BCUT2D eigenvalue weighted by atomic mass is 9.57. The molecule has 12 heteroatoms. The molecule has 1 heterocycles. The van der Waals surface area contributed by atoms with Gasteiger partial charge in [-0.1, -0.05) is 6.07 Å². The number of ketones is 2. The van der Waals surface area contributed by atoms with Crippen molar-refractivity contribution in [3.63, 3.8) is 0 Å². The van der Waals surface area contributed by atoms with Crippen LogP contribution >= 0.6 is 0 Å². The number of primary amides is 1. The van der Waals surface area contributed by atoms with E-state index in [0.717, 1.165) is 24.0 Å². The van der Waals surface area contributed by atoms with E-state index in [0.29, 0.717) is 0 Å².